The van der Waals surface area contributed by atoms with Gasteiger partial charge in [-0.3, -0.25) is 14.6 Å². The summed E-state index contributed by atoms with van der Waals surface area (Å²) in [7, 11) is 5.98. The van der Waals surface area contributed by atoms with Crippen LogP contribution in [-0.4, -0.2) is 43.5 Å². The second-order valence-electron chi connectivity index (χ2n) is 8.48. The van der Waals surface area contributed by atoms with Crippen molar-refractivity contribution in [3.63, 3.8) is 0 Å². The van der Waals surface area contributed by atoms with Crippen LogP contribution in [0.3, 0.4) is 0 Å². The average Bonchev–Trinajstić information content (AvgIpc) is 3.05. The number of hydrogen-bond acceptors (Lipinski definition) is 4. The largest absolute Gasteiger partial charge is 0.493 e. The summed E-state index contributed by atoms with van der Waals surface area (Å²) in [4.78, 5) is 21.5. The van der Waals surface area contributed by atoms with Crippen molar-refractivity contribution in [2.24, 2.45) is 5.41 Å². The fraction of sp³-hybridized carbons (Fsp3) is 0.478. The number of hydrogen-bond donors (Lipinski definition) is 0. The smallest absolute Gasteiger partial charge is 0.228 e. The van der Waals surface area contributed by atoms with Crippen LogP contribution < -0.4 is 9.64 Å². The molecule has 1 spiro atoms. The molecule has 0 atom stereocenters. The first-order chi connectivity index (χ1) is 13.5. The van der Waals surface area contributed by atoms with Gasteiger partial charge < -0.3 is 4.74 Å². The molecular formula is C23H29N3O2. The fourth-order valence-electron chi connectivity index (χ4n) is 5.10. The van der Waals surface area contributed by atoms with Gasteiger partial charge in [-0.25, -0.2) is 4.98 Å². The highest BCUT2D eigenvalue weighted by atomic mass is 16.5. The molecule has 5 nitrogen and oxygen atoms in total. The maximum Gasteiger partial charge on any atom is 0.228 e. The summed E-state index contributed by atoms with van der Waals surface area (Å²) in [5.74, 6) is 1.48. The van der Waals surface area contributed by atoms with E-state index >= 15 is 0 Å². The van der Waals surface area contributed by atoms with Gasteiger partial charge in [0, 0.05) is 24.7 Å². The summed E-state index contributed by atoms with van der Waals surface area (Å²) < 4.78 is 5.44. The Hall–Kier alpha value is -2.40. The number of aromatic nitrogens is 1. The normalized spacial score (nSPS) is 27.6. The number of amides is 1. The van der Waals surface area contributed by atoms with Crippen molar-refractivity contribution in [1.82, 2.24) is 9.88 Å². The second-order valence-corrected chi connectivity index (χ2v) is 8.48. The van der Waals surface area contributed by atoms with E-state index in [1.54, 1.807) is 13.3 Å². The molecule has 2 fully saturated rings. The quantitative estimate of drug-likeness (QED) is 0.810. The van der Waals surface area contributed by atoms with Gasteiger partial charge in [-0.2, -0.15) is 0 Å². The van der Waals surface area contributed by atoms with E-state index in [2.05, 4.69) is 54.3 Å². The van der Waals surface area contributed by atoms with E-state index in [1.165, 1.54) is 5.56 Å². The number of ether oxygens (including phenoxy) is 1. The number of carbonyl (C=O) groups is 1. The minimum Gasteiger partial charge on any atom is -0.493 e. The number of anilines is 1. The minimum absolute atomic E-state index is 0.0356. The van der Waals surface area contributed by atoms with Gasteiger partial charge in [-0.05, 0) is 62.9 Å². The van der Waals surface area contributed by atoms with Gasteiger partial charge in [-0.1, -0.05) is 30.3 Å². The Morgan fingerprint density at radius 1 is 1.04 bits per heavy atom. The third kappa shape index (κ3) is 3.08. The van der Waals surface area contributed by atoms with Crippen LogP contribution in [-0.2, 0) is 10.3 Å². The molecule has 1 aliphatic heterocycles. The number of carbonyl (C=O) groups excluding carboxylic acids is 1. The Labute approximate surface area is 167 Å². The molecule has 1 saturated heterocycles. The first-order valence-electron chi connectivity index (χ1n) is 10.0. The lowest BCUT2D eigenvalue weighted by Gasteiger charge is -2.48. The molecule has 0 unspecified atom stereocenters. The molecule has 0 bridgehead atoms. The number of methoxy groups -OCH3 is 1. The molecule has 2 aromatic rings. The van der Waals surface area contributed by atoms with Crippen LogP contribution in [0.5, 0.6) is 5.75 Å². The van der Waals surface area contributed by atoms with E-state index in [0.717, 1.165) is 32.2 Å². The maximum atomic E-state index is 12.9. The molecule has 148 valence electrons. The first kappa shape index (κ1) is 18.9. The van der Waals surface area contributed by atoms with Crippen LogP contribution in [0.2, 0.25) is 0 Å². The summed E-state index contributed by atoms with van der Waals surface area (Å²) in [5.41, 5.74) is 1.46. The van der Waals surface area contributed by atoms with Gasteiger partial charge in [0.05, 0.1) is 7.11 Å². The summed E-state index contributed by atoms with van der Waals surface area (Å²) in [6, 6.07) is 14.5. The Morgan fingerprint density at radius 2 is 1.75 bits per heavy atom. The van der Waals surface area contributed by atoms with Crippen LogP contribution >= 0.6 is 0 Å². The van der Waals surface area contributed by atoms with E-state index in [0.29, 0.717) is 18.0 Å². The van der Waals surface area contributed by atoms with Crippen LogP contribution in [0.15, 0.2) is 48.7 Å². The maximum absolute atomic E-state index is 12.9. The summed E-state index contributed by atoms with van der Waals surface area (Å²) in [6.07, 6.45) is 6.53. The minimum atomic E-state index is 0.0356. The third-order valence-corrected chi connectivity index (χ3v) is 6.85. The van der Waals surface area contributed by atoms with E-state index < -0.39 is 0 Å². The number of pyridine rings is 1. The van der Waals surface area contributed by atoms with Crippen LogP contribution in [0.1, 0.15) is 37.7 Å². The van der Waals surface area contributed by atoms with Gasteiger partial charge in [0.2, 0.25) is 5.91 Å². The lowest BCUT2D eigenvalue weighted by molar-refractivity contribution is -0.118. The molecule has 5 heteroatoms. The zero-order valence-corrected chi connectivity index (χ0v) is 17.0. The van der Waals surface area contributed by atoms with Gasteiger partial charge in [0.1, 0.15) is 0 Å². The van der Waals surface area contributed by atoms with E-state index in [-0.39, 0.29) is 16.9 Å². The summed E-state index contributed by atoms with van der Waals surface area (Å²) in [5, 5.41) is 0. The number of benzene rings is 1. The van der Waals surface area contributed by atoms with Crippen molar-refractivity contribution in [3.8, 4) is 5.75 Å². The Kier molecular flexibility index (Phi) is 4.88. The zero-order chi connectivity index (χ0) is 19.8. The lowest BCUT2D eigenvalue weighted by Crippen LogP contribution is -2.47. The highest BCUT2D eigenvalue weighted by Crippen LogP contribution is 2.52. The zero-order valence-electron chi connectivity index (χ0n) is 17.0. The van der Waals surface area contributed by atoms with Crippen LogP contribution in [0.25, 0.3) is 0 Å². The first-order valence-corrected chi connectivity index (χ1v) is 10.0. The van der Waals surface area contributed by atoms with Crippen molar-refractivity contribution in [2.75, 3.05) is 32.6 Å². The summed E-state index contributed by atoms with van der Waals surface area (Å²) in [6.45, 7) is 0.734. The molecule has 1 amide bonds. The molecule has 28 heavy (non-hydrogen) atoms. The molecule has 1 aromatic heterocycles. The van der Waals surface area contributed by atoms with Crippen molar-refractivity contribution >= 4 is 11.7 Å². The van der Waals surface area contributed by atoms with Gasteiger partial charge >= 0.3 is 0 Å². The molecule has 2 heterocycles. The Balaban J connectivity index is 1.57. The van der Waals surface area contributed by atoms with E-state index in [9.17, 15) is 4.79 Å². The van der Waals surface area contributed by atoms with Crippen LogP contribution in [0, 0.1) is 5.41 Å². The van der Waals surface area contributed by atoms with Gasteiger partial charge in [0.15, 0.2) is 11.6 Å². The molecule has 1 saturated carbocycles. The second kappa shape index (κ2) is 7.21. The highest BCUT2D eigenvalue weighted by molar-refractivity contribution is 5.96. The molecule has 0 N–H and O–H groups in total. The number of nitrogens with zero attached hydrogens (tertiary/aromatic N) is 3. The molecular weight excluding hydrogens is 350 g/mol. The molecule has 1 aliphatic carbocycles. The van der Waals surface area contributed by atoms with E-state index in [4.69, 9.17) is 4.74 Å². The third-order valence-electron chi connectivity index (χ3n) is 6.85. The monoisotopic (exact) mass is 379 g/mol. The average molecular weight is 380 g/mol. The topological polar surface area (TPSA) is 45.7 Å². The molecule has 2 aliphatic rings. The summed E-state index contributed by atoms with van der Waals surface area (Å²) >= 11 is 0. The van der Waals surface area contributed by atoms with Crippen molar-refractivity contribution in [3.05, 3.63) is 54.2 Å². The van der Waals surface area contributed by atoms with Gasteiger partial charge in [0.25, 0.3) is 0 Å². The van der Waals surface area contributed by atoms with E-state index in [1.807, 2.05) is 17.0 Å². The molecule has 1 aromatic carbocycles. The Bertz CT molecular complexity index is 842. The predicted molar refractivity (Wildman–Crippen MR) is 110 cm³/mol. The standard InChI is InChI=1S/C23H29N3O2/c1-25(2)23(18-8-5-4-6-9-18)13-11-22(12-14-23)16-20(27)26(17-22)21-19(28-3)10-7-15-24-21/h4-10,15H,11-14,16-17H2,1-3H3/t22-,23+. The fourth-order valence-corrected chi connectivity index (χ4v) is 5.10. The highest BCUT2D eigenvalue weighted by Gasteiger charge is 2.51. The molecule has 4 rings (SSSR count). The molecule has 0 radical (unpaired) electrons. The lowest BCUT2D eigenvalue weighted by atomic mass is 9.64. The van der Waals surface area contributed by atoms with Gasteiger partial charge in [-0.15, -0.1) is 0 Å². The predicted octanol–water partition coefficient (Wildman–Crippen LogP) is 3.84. The van der Waals surface area contributed by atoms with Crippen molar-refractivity contribution in [2.45, 2.75) is 37.6 Å². The SMILES string of the molecule is COc1cccnc1N1C[C@]2(CC[C@@](c3ccccc3)(N(C)C)CC2)CC1=O. The number of rotatable bonds is 4. The van der Waals surface area contributed by atoms with Crippen molar-refractivity contribution in [1.29, 1.82) is 0 Å². The van der Waals surface area contributed by atoms with Crippen LogP contribution in [0.4, 0.5) is 5.82 Å². The Morgan fingerprint density at radius 3 is 2.39 bits per heavy atom. The van der Waals surface area contributed by atoms with Crippen molar-refractivity contribution < 1.29 is 9.53 Å².